The lowest BCUT2D eigenvalue weighted by Gasteiger charge is -2.21. The molecule has 1 atom stereocenters. The van der Waals surface area contributed by atoms with Crippen molar-refractivity contribution in [1.29, 1.82) is 0 Å². The van der Waals surface area contributed by atoms with Gasteiger partial charge in [0.15, 0.2) is 0 Å². The molecule has 0 radical (unpaired) electrons. The summed E-state index contributed by atoms with van der Waals surface area (Å²) in [5.74, 6) is -1.15. The lowest BCUT2D eigenvalue weighted by molar-refractivity contribution is -0.138. The predicted molar refractivity (Wildman–Crippen MR) is 115 cm³/mol. The SMILES string of the molecule is CC[C@H]1CCc2c(sc(NC(=O)CCC(=O)O)c2C(=O)Nc2ccc(Cl)cc2)C1. The highest BCUT2D eigenvalue weighted by molar-refractivity contribution is 7.17. The Bertz CT molecular complexity index is 924. The van der Waals surface area contributed by atoms with Gasteiger partial charge in [0.25, 0.3) is 5.91 Å². The van der Waals surface area contributed by atoms with Gasteiger partial charge in [-0.15, -0.1) is 11.3 Å². The number of amides is 2. The van der Waals surface area contributed by atoms with E-state index in [1.165, 1.54) is 11.3 Å². The summed E-state index contributed by atoms with van der Waals surface area (Å²) in [6.07, 6.45) is 3.38. The van der Waals surface area contributed by atoms with Crippen molar-refractivity contribution < 1.29 is 19.5 Å². The summed E-state index contributed by atoms with van der Waals surface area (Å²) in [7, 11) is 0. The first-order chi connectivity index (χ1) is 13.9. The van der Waals surface area contributed by atoms with Crippen molar-refractivity contribution in [2.45, 2.75) is 45.4 Å². The maximum absolute atomic E-state index is 13.1. The number of hydrogen-bond acceptors (Lipinski definition) is 4. The summed E-state index contributed by atoms with van der Waals surface area (Å²) in [6.45, 7) is 2.16. The molecule has 29 heavy (non-hydrogen) atoms. The van der Waals surface area contributed by atoms with Crippen LogP contribution in [0.4, 0.5) is 10.7 Å². The van der Waals surface area contributed by atoms with E-state index in [0.29, 0.717) is 27.2 Å². The van der Waals surface area contributed by atoms with Crippen molar-refractivity contribution in [3.63, 3.8) is 0 Å². The molecule has 0 saturated carbocycles. The van der Waals surface area contributed by atoms with Crippen LogP contribution in [-0.4, -0.2) is 22.9 Å². The smallest absolute Gasteiger partial charge is 0.303 e. The minimum Gasteiger partial charge on any atom is -0.481 e. The molecule has 2 amide bonds. The quantitative estimate of drug-likeness (QED) is 0.573. The molecular weight excluding hydrogens is 412 g/mol. The number of hydrogen-bond donors (Lipinski definition) is 3. The van der Waals surface area contributed by atoms with Gasteiger partial charge < -0.3 is 15.7 Å². The van der Waals surface area contributed by atoms with E-state index >= 15 is 0 Å². The maximum atomic E-state index is 13.1. The van der Waals surface area contributed by atoms with Crippen LogP contribution >= 0.6 is 22.9 Å². The minimum atomic E-state index is -1.03. The molecule has 1 heterocycles. The number of rotatable bonds is 7. The first kappa shape index (κ1) is 21.3. The summed E-state index contributed by atoms with van der Waals surface area (Å²) in [5, 5.41) is 15.5. The number of nitrogens with one attached hydrogen (secondary N) is 2. The van der Waals surface area contributed by atoms with Crippen LogP contribution in [0.15, 0.2) is 24.3 Å². The molecule has 0 bridgehead atoms. The fourth-order valence-corrected chi connectivity index (χ4v) is 4.97. The van der Waals surface area contributed by atoms with Crippen molar-refractivity contribution in [1.82, 2.24) is 0 Å². The Hall–Kier alpha value is -2.38. The topological polar surface area (TPSA) is 95.5 Å². The molecule has 0 aliphatic heterocycles. The highest BCUT2D eigenvalue weighted by atomic mass is 35.5. The molecule has 1 aliphatic rings. The average molecular weight is 435 g/mol. The Morgan fingerprint density at radius 1 is 1.17 bits per heavy atom. The van der Waals surface area contributed by atoms with Gasteiger partial charge in [-0.05, 0) is 55.0 Å². The molecule has 0 spiro atoms. The van der Waals surface area contributed by atoms with Gasteiger partial charge in [0.2, 0.25) is 5.91 Å². The lowest BCUT2D eigenvalue weighted by atomic mass is 9.85. The van der Waals surface area contributed by atoms with Gasteiger partial charge in [-0.3, -0.25) is 14.4 Å². The number of carboxylic acids is 1. The third-order valence-corrected chi connectivity index (χ3v) is 6.51. The zero-order valence-electron chi connectivity index (χ0n) is 16.1. The monoisotopic (exact) mass is 434 g/mol. The van der Waals surface area contributed by atoms with Crippen molar-refractivity contribution in [3.8, 4) is 0 Å². The fraction of sp³-hybridized carbons (Fsp3) is 0.381. The number of halogens is 1. The molecule has 0 saturated heterocycles. The second-order valence-corrected chi connectivity index (χ2v) is 8.67. The number of aliphatic carboxylic acids is 1. The van der Waals surface area contributed by atoms with Crippen LogP contribution < -0.4 is 10.6 Å². The molecule has 0 unspecified atom stereocenters. The number of benzene rings is 1. The average Bonchev–Trinajstić information content (AvgIpc) is 3.04. The van der Waals surface area contributed by atoms with E-state index in [1.54, 1.807) is 24.3 Å². The van der Waals surface area contributed by atoms with Gasteiger partial charge in [-0.25, -0.2) is 0 Å². The lowest BCUT2D eigenvalue weighted by Crippen LogP contribution is -2.20. The molecular formula is C21H23ClN2O4S. The number of anilines is 2. The Kier molecular flexibility index (Phi) is 6.92. The van der Waals surface area contributed by atoms with Crippen molar-refractivity contribution in [3.05, 3.63) is 45.3 Å². The van der Waals surface area contributed by atoms with E-state index in [1.807, 2.05) is 0 Å². The summed E-state index contributed by atoms with van der Waals surface area (Å²) in [5.41, 5.74) is 2.09. The first-order valence-electron chi connectivity index (χ1n) is 9.60. The van der Waals surface area contributed by atoms with Crippen LogP contribution in [0.25, 0.3) is 0 Å². The molecule has 1 aromatic carbocycles. The predicted octanol–water partition coefficient (Wildman–Crippen LogP) is 4.97. The Labute approximate surface area is 178 Å². The van der Waals surface area contributed by atoms with Crippen molar-refractivity contribution >= 4 is 51.4 Å². The number of carbonyl (C=O) groups is 3. The normalized spacial score (nSPS) is 15.4. The number of thiophene rings is 1. The fourth-order valence-electron chi connectivity index (χ4n) is 3.47. The summed E-state index contributed by atoms with van der Waals surface area (Å²) in [6, 6.07) is 6.83. The van der Waals surface area contributed by atoms with E-state index in [0.717, 1.165) is 36.1 Å². The molecule has 1 aromatic heterocycles. The molecule has 2 aromatic rings. The minimum absolute atomic E-state index is 0.131. The second-order valence-electron chi connectivity index (χ2n) is 7.13. The number of carboxylic acid groups (broad SMARTS) is 1. The van der Waals surface area contributed by atoms with Gasteiger partial charge >= 0.3 is 5.97 Å². The number of fused-ring (bicyclic) bond motifs is 1. The van der Waals surface area contributed by atoms with Crippen LogP contribution in [0.2, 0.25) is 5.02 Å². The van der Waals surface area contributed by atoms with Crippen LogP contribution in [0.5, 0.6) is 0 Å². The van der Waals surface area contributed by atoms with E-state index < -0.39 is 11.9 Å². The van der Waals surface area contributed by atoms with Crippen LogP contribution in [0, 0.1) is 5.92 Å². The highest BCUT2D eigenvalue weighted by Crippen LogP contribution is 2.41. The summed E-state index contributed by atoms with van der Waals surface area (Å²) >= 11 is 7.33. The Morgan fingerprint density at radius 3 is 2.55 bits per heavy atom. The van der Waals surface area contributed by atoms with Gasteiger partial charge in [0.05, 0.1) is 12.0 Å². The van der Waals surface area contributed by atoms with E-state index in [2.05, 4.69) is 17.6 Å². The van der Waals surface area contributed by atoms with E-state index in [-0.39, 0.29) is 18.7 Å². The van der Waals surface area contributed by atoms with Gasteiger partial charge in [0.1, 0.15) is 5.00 Å². The van der Waals surface area contributed by atoms with Crippen LogP contribution in [-0.2, 0) is 22.4 Å². The Morgan fingerprint density at radius 2 is 1.90 bits per heavy atom. The van der Waals surface area contributed by atoms with Gasteiger partial charge in [0, 0.05) is 22.0 Å². The standard InChI is InChI=1S/C21H23ClN2O4S/c1-2-12-3-8-15-16(11-12)29-21(24-17(25)9-10-18(26)27)19(15)20(28)23-14-6-4-13(22)5-7-14/h4-7,12H,2-3,8-11H2,1H3,(H,23,28)(H,24,25)(H,26,27)/t12-/m0/s1. The van der Waals surface area contributed by atoms with Crippen molar-refractivity contribution in [2.75, 3.05) is 10.6 Å². The van der Waals surface area contributed by atoms with E-state index in [9.17, 15) is 14.4 Å². The van der Waals surface area contributed by atoms with Crippen LogP contribution in [0.1, 0.15) is 53.4 Å². The third kappa shape index (κ3) is 5.36. The molecule has 6 nitrogen and oxygen atoms in total. The molecule has 3 rings (SSSR count). The zero-order chi connectivity index (χ0) is 21.0. The maximum Gasteiger partial charge on any atom is 0.303 e. The molecule has 154 valence electrons. The Balaban J connectivity index is 1.87. The largest absolute Gasteiger partial charge is 0.481 e. The summed E-state index contributed by atoms with van der Waals surface area (Å²) in [4.78, 5) is 37.1. The molecule has 8 heteroatoms. The van der Waals surface area contributed by atoms with Crippen LogP contribution in [0.3, 0.4) is 0 Å². The van der Waals surface area contributed by atoms with Gasteiger partial charge in [-0.1, -0.05) is 24.9 Å². The van der Waals surface area contributed by atoms with Crippen molar-refractivity contribution in [2.24, 2.45) is 5.92 Å². The molecule has 0 fully saturated rings. The first-order valence-corrected chi connectivity index (χ1v) is 10.8. The molecule has 3 N–H and O–H groups in total. The zero-order valence-corrected chi connectivity index (χ0v) is 17.7. The second kappa shape index (κ2) is 9.41. The number of carbonyl (C=O) groups excluding carboxylic acids is 2. The van der Waals surface area contributed by atoms with Gasteiger partial charge in [-0.2, -0.15) is 0 Å². The molecule has 1 aliphatic carbocycles. The summed E-state index contributed by atoms with van der Waals surface area (Å²) < 4.78 is 0. The van der Waals surface area contributed by atoms with E-state index in [4.69, 9.17) is 16.7 Å². The highest BCUT2D eigenvalue weighted by Gasteiger charge is 2.29. The third-order valence-electron chi connectivity index (χ3n) is 5.09.